The molecule has 1 aromatic rings. The lowest BCUT2D eigenvalue weighted by Crippen LogP contribution is -2.58. The van der Waals surface area contributed by atoms with E-state index in [0.29, 0.717) is 0 Å². The summed E-state index contributed by atoms with van der Waals surface area (Å²) in [5.41, 5.74) is 4.52. The fraction of sp³-hybridized carbons (Fsp3) is 0.733. The zero-order chi connectivity index (χ0) is 23.8. The average Bonchev–Trinajstić information content (AvgIpc) is 3.01. The summed E-state index contributed by atoms with van der Waals surface area (Å²) in [5.74, 6) is -0.0780. The maximum Gasteiger partial charge on any atom is 0.474 e. The van der Waals surface area contributed by atoms with Crippen molar-refractivity contribution in [1.82, 2.24) is 9.55 Å². The minimum atomic E-state index is -5.02. The molecule has 0 radical (unpaired) electrons. The van der Waals surface area contributed by atoms with Crippen molar-refractivity contribution in [3.05, 3.63) is 22.7 Å². The van der Waals surface area contributed by atoms with Gasteiger partial charge in [-0.15, -0.1) is 0 Å². The normalized spacial score (nSPS) is 39.7. The maximum atomic E-state index is 12.2. The van der Waals surface area contributed by atoms with Crippen molar-refractivity contribution in [3.8, 4) is 0 Å². The zero-order valence-corrected chi connectivity index (χ0v) is 17.2. The van der Waals surface area contributed by atoms with Crippen molar-refractivity contribution >= 4 is 13.6 Å². The maximum absolute atomic E-state index is 12.2. The van der Waals surface area contributed by atoms with Gasteiger partial charge in [0.15, 0.2) is 12.5 Å². The summed E-state index contributed by atoms with van der Waals surface area (Å²) in [6.45, 7) is -1.60. The Bertz CT molecular complexity index is 900. The third kappa shape index (κ3) is 5.17. The number of aromatic nitrogens is 2. The van der Waals surface area contributed by atoms with Crippen molar-refractivity contribution in [2.75, 3.05) is 18.9 Å². The van der Waals surface area contributed by atoms with Crippen LogP contribution < -0.4 is 11.4 Å². The molecule has 17 heteroatoms. The van der Waals surface area contributed by atoms with Gasteiger partial charge in [-0.25, -0.2) is 9.36 Å². The number of ether oxygens (including phenoxy) is 2. The van der Waals surface area contributed by atoms with Gasteiger partial charge in [-0.3, -0.25) is 13.6 Å². The SMILES string of the molecule is Nc1ccn([C@@H]2O[C@H](COP(=O)(O)O[C@H]3O[C@H](CO)[C@@H](O)[C@H](O)[C@H]3O)[C@@H](O)[C@H]2O)c(=O)n1. The molecule has 182 valence electrons. The number of nitrogen functional groups attached to an aromatic ring is 1. The number of nitrogens with two attached hydrogens (primary N) is 1. The first-order valence-corrected chi connectivity index (χ1v) is 10.8. The summed E-state index contributed by atoms with van der Waals surface area (Å²) in [4.78, 5) is 25.3. The van der Waals surface area contributed by atoms with Crippen LogP contribution in [0.15, 0.2) is 17.1 Å². The van der Waals surface area contributed by atoms with E-state index < -0.39 is 82.0 Å². The largest absolute Gasteiger partial charge is 0.474 e. The molecule has 1 unspecified atom stereocenters. The molecule has 0 aromatic carbocycles. The molecule has 3 heterocycles. The Morgan fingerprint density at radius 2 is 1.72 bits per heavy atom. The Kier molecular flexibility index (Phi) is 7.66. The van der Waals surface area contributed by atoms with Crippen molar-refractivity contribution in [2.24, 2.45) is 0 Å². The van der Waals surface area contributed by atoms with Gasteiger partial charge < -0.3 is 50.7 Å². The predicted molar refractivity (Wildman–Crippen MR) is 99.5 cm³/mol. The van der Waals surface area contributed by atoms with Crippen LogP contribution in [0.2, 0.25) is 0 Å². The monoisotopic (exact) mass is 485 g/mol. The molecule has 2 fully saturated rings. The molecule has 0 amide bonds. The number of phosphoric ester groups is 1. The summed E-state index contributed by atoms with van der Waals surface area (Å²) >= 11 is 0. The highest BCUT2D eigenvalue weighted by atomic mass is 31.2. The van der Waals surface area contributed by atoms with Crippen LogP contribution >= 0.6 is 7.82 Å². The van der Waals surface area contributed by atoms with E-state index in [2.05, 4.69) is 9.51 Å². The Morgan fingerprint density at radius 3 is 2.34 bits per heavy atom. The van der Waals surface area contributed by atoms with Crippen molar-refractivity contribution in [2.45, 2.75) is 55.2 Å². The van der Waals surface area contributed by atoms with E-state index in [0.717, 1.165) is 4.57 Å². The molecule has 2 aliphatic rings. The first-order chi connectivity index (χ1) is 14.9. The van der Waals surface area contributed by atoms with Gasteiger partial charge in [0.1, 0.15) is 48.5 Å². The van der Waals surface area contributed by atoms with Crippen LogP contribution in [-0.2, 0) is 23.1 Å². The number of anilines is 1. The third-order valence-corrected chi connectivity index (χ3v) is 5.90. The Hall–Kier alpha value is -1.53. The smallest absolute Gasteiger partial charge is 0.394 e. The number of rotatable bonds is 7. The van der Waals surface area contributed by atoms with E-state index in [1.165, 1.54) is 12.3 Å². The summed E-state index contributed by atoms with van der Waals surface area (Å²) < 4.78 is 32.8. The van der Waals surface area contributed by atoms with E-state index in [1.807, 2.05) is 0 Å². The second-order valence-corrected chi connectivity index (χ2v) is 8.56. The van der Waals surface area contributed by atoms with Crippen LogP contribution in [0.4, 0.5) is 5.82 Å². The van der Waals surface area contributed by atoms with E-state index in [1.54, 1.807) is 0 Å². The second-order valence-electron chi connectivity index (χ2n) is 7.16. The van der Waals surface area contributed by atoms with Gasteiger partial charge in [0, 0.05) is 6.20 Å². The Balaban J connectivity index is 1.62. The molecule has 9 N–H and O–H groups in total. The molecule has 0 spiro atoms. The molecule has 0 bridgehead atoms. The van der Waals surface area contributed by atoms with Gasteiger partial charge in [0.05, 0.1) is 13.2 Å². The first-order valence-electron chi connectivity index (χ1n) is 9.27. The number of aliphatic hydroxyl groups excluding tert-OH is 6. The molecule has 10 atom stereocenters. The van der Waals surface area contributed by atoms with Crippen molar-refractivity contribution < 1.29 is 58.6 Å². The molecule has 0 saturated carbocycles. The molecule has 16 nitrogen and oxygen atoms in total. The van der Waals surface area contributed by atoms with E-state index in [9.17, 15) is 39.8 Å². The highest BCUT2D eigenvalue weighted by molar-refractivity contribution is 7.47. The zero-order valence-electron chi connectivity index (χ0n) is 16.3. The Labute approximate surface area is 179 Å². The molecule has 0 aliphatic carbocycles. The fourth-order valence-corrected chi connectivity index (χ4v) is 4.03. The Morgan fingerprint density at radius 1 is 1.06 bits per heavy atom. The second kappa shape index (κ2) is 9.76. The summed E-state index contributed by atoms with van der Waals surface area (Å²) in [6.07, 6.45) is -13.7. The third-order valence-electron chi connectivity index (χ3n) is 4.95. The lowest BCUT2D eigenvalue weighted by atomic mass is 10.00. The highest BCUT2D eigenvalue weighted by Crippen LogP contribution is 2.47. The van der Waals surface area contributed by atoms with Crippen LogP contribution in [-0.4, -0.2) is 107 Å². The molecule has 2 aliphatic heterocycles. The standard InChI is InChI=1S/C15H24N3O13P/c16-7-1-2-18(15(25)17-7)13-11(23)9(21)6(29-13)4-28-32(26,27)31-14-12(24)10(22)8(20)5(3-19)30-14/h1-2,5-6,8-14,19-24H,3-4H2,(H,26,27)(H2,16,17,25)/t5-,6-,8-,9-,10+,11-,12-,13-,14-/m1/s1. The van der Waals surface area contributed by atoms with Crippen LogP contribution in [0.25, 0.3) is 0 Å². The van der Waals surface area contributed by atoms with E-state index >= 15 is 0 Å². The van der Waals surface area contributed by atoms with Crippen LogP contribution in [0.3, 0.4) is 0 Å². The number of nitrogens with zero attached hydrogens (tertiary/aromatic N) is 2. The predicted octanol–water partition coefficient (Wildman–Crippen LogP) is -4.62. The van der Waals surface area contributed by atoms with Gasteiger partial charge >= 0.3 is 13.5 Å². The van der Waals surface area contributed by atoms with Crippen molar-refractivity contribution in [3.63, 3.8) is 0 Å². The van der Waals surface area contributed by atoms with Crippen LogP contribution in [0.1, 0.15) is 6.23 Å². The minimum Gasteiger partial charge on any atom is -0.394 e. The molecule has 3 rings (SSSR count). The molecular weight excluding hydrogens is 461 g/mol. The number of hydrogen-bond donors (Lipinski definition) is 8. The molecular formula is C15H24N3O13P. The van der Waals surface area contributed by atoms with Crippen LogP contribution in [0.5, 0.6) is 0 Å². The molecule has 2 saturated heterocycles. The highest BCUT2D eigenvalue weighted by Gasteiger charge is 2.48. The van der Waals surface area contributed by atoms with Crippen molar-refractivity contribution in [1.29, 1.82) is 0 Å². The summed E-state index contributed by atoms with van der Waals surface area (Å²) in [5, 5.41) is 58.7. The average molecular weight is 485 g/mol. The number of aliphatic hydroxyl groups is 6. The topological polar surface area (TPSA) is 257 Å². The lowest BCUT2D eigenvalue weighted by molar-refractivity contribution is -0.281. The lowest BCUT2D eigenvalue weighted by Gasteiger charge is -2.39. The van der Waals surface area contributed by atoms with E-state index in [4.69, 9.17) is 24.8 Å². The number of hydrogen-bond acceptors (Lipinski definition) is 14. The van der Waals surface area contributed by atoms with E-state index in [-0.39, 0.29) is 5.82 Å². The first kappa shape index (κ1) is 25.1. The van der Waals surface area contributed by atoms with Gasteiger partial charge in [0.2, 0.25) is 0 Å². The fourth-order valence-electron chi connectivity index (χ4n) is 3.20. The van der Waals surface area contributed by atoms with Crippen LogP contribution in [0, 0.1) is 0 Å². The van der Waals surface area contributed by atoms with Gasteiger partial charge in [-0.2, -0.15) is 4.98 Å². The summed E-state index contributed by atoms with van der Waals surface area (Å²) in [7, 11) is -5.02. The summed E-state index contributed by atoms with van der Waals surface area (Å²) in [6, 6.07) is 1.25. The van der Waals surface area contributed by atoms with Gasteiger partial charge in [-0.1, -0.05) is 0 Å². The number of phosphoric acid groups is 1. The molecule has 32 heavy (non-hydrogen) atoms. The quantitative estimate of drug-likeness (QED) is 0.169. The molecule has 1 aromatic heterocycles. The minimum absolute atomic E-state index is 0.0780. The van der Waals surface area contributed by atoms with Gasteiger partial charge in [-0.05, 0) is 6.07 Å². The van der Waals surface area contributed by atoms with Gasteiger partial charge in [0.25, 0.3) is 0 Å².